The minimum atomic E-state index is -4.60. The van der Waals surface area contributed by atoms with Gasteiger partial charge in [0.15, 0.2) is 5.71 Å². The summed E-state index contributed by atoms with van der Waals surface area (Å²) < 4.78 is 114. The molecule has 30 nitrogen and oxygen atoms in total. The average Bonchev–Trinajstić information content (AvgIpc) is 1.59. The predicted molar refractivity (Wildman–Crippen MR) is 516 cm³/mol. The summed E-state index contributed by atoms with van der Waals surface area (Å²) in [6.07, 6.45) is 10.9. The van der Waals surface area contributed by atoms with E-state index >= 15 is 0 Å². The molecule has 1 unspecified atom stereocenters. The molecule has 0 bridgehead atoms. The molecule has 32 heteroatoms. The second-order valence-corrected chi connectivity index (χ2v) is 46.4. The smallest absolute Gasteiger partial charge is 0.320 e. The van der Waals surface area contributed by atoms with Crippen molar-refractivity contribution in [3.63, 3.8) is 0 Å². The summed E-state index contributed by atoms with van der Waals surface area (Å²) in [5, 5.41) is 6.06. The Bertz CT molecular complexity index is 4870. The molecule has 3 aliphatic heterocycles. The van der Waals surface area contributed by atoms with Crippen molar-refractivity contribution >= 4 is 96.4 Å². The first-order valence-corrected chi connectivity index (χ1v) is 49.8. The minimum absolute atomic E-state index is 0.00384. The lowest BCUT2D eigenvalue weighted by Gasteiger charge is -2.39. The largest absolute Gasteiger partial charge is 0.492 e. The van der Waals surface area contributed by atoms with E-state index in [1.165, 1.54) is 24.3 Å². The van der Waals surface area contributed by atoms with E-state index in [1.54, 1.807) is 74.4 Å². The Balaban J connectivity index is 1.16. The van der Waals surface area contributed by atoms with Gasteiger partial charge in [0.05, 0.1) is 53.2 Å². The van der Waals surface area contributed by atoms with Crippen molar-refractivity contribution in [2.45, 2.75) is 342 Å². The van der Waals surface area contributed by atoms with Crippen LogP contribution in [0.2, 0.25) is 0 Å². The summed E-state index contributed by atoms with van der Waals surface area (Å²) in [6, 6.07) is 16.2. The van der Waals surface area contributed by atoms with Crippen LogP contribution < -0.4 is 15.5 Å². The number of hydrogen-bond acceptors (Lipinski definition) is 25. The topological polar surface area (TPSA) is 370 Å². The maximum atomic E-state index is 14.0. The van der Waals surface area contributed by atoms with E-state index in [4.69, 9.17) is 33.2 Å². The minimum Gasteiger partial charge on any atom is -0.492 e. The molecular formula is C101H157N8O22S2+. The lowest BCUT2D eigenvalue weighted by atomic mass is 9.81. The lowest BCUT2D eigenvalue weighted by Crippen LogP contribution is -2.54. The van der Waals surface area contributed by atoms with Crippen LogP contribution in [0.25, 0.3) is 0 Å². The molecule has 3 aromatic rings. The van der Waals surface area contributed by atoms with Crippen LogP contribution in [0.4, 0.5) is 17.1 Å². The first kappa shape index (κ1) is 113. The van der Waals surface area contributed by atoms with Crippen molar-refractivity contribution in [2.75, 3.05) is 102 Å². The summed E-state index contributed by atoms with van der Waals surface area (Å²) in [5.41, 5.74) is -0.951. The van der Waals surface area contributed by atoms with E-state index in [9.17, 15) is 69.1 Å². The number of anilines is 2. The number of rotatable bonds is 42. The fourth-order valence-corrected chi connectivity index (χ4v) is 17.5. The van der Waals surface area contributed by atoms with Gasteiger partial charge in [-0.15, -0.1) is 0 Å². The van der Waals surface area contributed by atoms with Crippen molar-refractivity contribution in [1.82, 2.24) is 24.9 Å². The number of benzene rings is 3. The summed E-state index contributed by atoms with van der Waals surface area (Å²) in [4.78, 5) is 132. The number of hydrogen-bond donors (Lipinski definition) is 4. The van der Waals surface area contributed by atoms with Crippen molar-refractivity contribution < 1.29 is 107 Å². The number of fused-ring (bicyclic) bond motifs is 2. The van der Waals surface area contributed by atoms with Crippen LogP contribution in [0, 0.1) is 11.8 Å². The van der Waals surface area contributed by atoms with Crippen molar-refractivity contribution in [3.8, 4) is 0 Å². The molecule has 3 heterocycles. The number of carbonyl (C=O) groups is 9. The lowest BCUT2D eigenvalue weighted by molar-refractivity contribution is -0.438. The third-order valence-corrected chi connectivity index (χ3v) is 24.0. The van der Waals surface area contributed by atoms with Crippen LogP contribution in [0.5, 0.6) is 0 Å². The number of amides is 2. The molecule has 0 radical (unpaired) electrons. The Labute approximate surface area is 792 Å². The Hall–Kier alpha value is -8.76. The van der Waals surface area contributed by atoms with Crippen LogP contribution in [0.3, 0.4) is 0 Å². The standard InChI is InChI=1S/C101H156N8O22S2/c1-70(125-93(2,3)4)65-104-54-55-105(67-88(114)127-95(8,9)10)58-59-107(69-90(116)129-97(14,15)16)75(66-106(57-56-104)68-89(115)128-96(11,12)13)60-71-41-44-74(45-42-71)103-86(112)40-30-28-34-53-109-82-49-47-78(133(122,123)124)64-80(82)101(25,26)84(109)38-35-37-83-100(23,24)79-63-77(132(119,120)121)46-48-81(79)108(83)52-33-27-29-39-85(111)102-51-32-31-36-72(91(117)130-98(17,18)19)61-76(110)62-73(92(118)131-99(20,21)22)43-50-87(113)126-94(5,6)7/h35,37-38,41-42,44-49,63-64,72-73,75H,1,27-34,36,39-40,43,50-62,65-69H2,2-26H3,(H3-,102,103,111,112,119,120,121,122,123,124)/p+1/t72-,73+,75?/m0/s1. The third-order valence-electron chi connectivity index (χ3n) is 22.3. The fraction of sp³-hybridized carbons (Fsp3) is 0.663. The molecule has 133 heavy (non-hydrogen) atoms. The van der Waals surface area contributed by atoms with Gasteiger partial charge < -0.3 is 48.7 Å². The van der Waals surface area contributed by atoms with E-state index in [-0.39, 0.29) is 97.9 Å². The highest BCUT2D eigenvalue weighted by Gasteiger charge is 2.46. The first-order valence-electron chi connectivity index (χ1n) is 47.0. The van der Waals surface area contributed by atoms with Crippen LogP contribution in [-0.2, 0) is 114 Å². The van der Waals surface area contributed by atoms with Gasteiger partial charge in [0, 0.05) is 144 Å². The molecule has 3 aromatic carbocycles. The van der Waals surface area contributed by atoms with E-state index in [2.05, 4.69) is 41.4 Å². The normalized spacial score (nSPS) is 17.4. The molecule has 0 aromatic heterocycles. The van der Waals surface area contributed by atoms with Gasteiger partial charge >= 0.3 is 35.8 Å². The predicted octanol–water partition coefficient (Wildman–Crippen LogP) is 15.7. The Morgan fingerprint density at radius 2 is 0.962 bits per heavy atom. The highest BCUT2D eigenvalue weighted by Crippen LogP contribution is 2.49. The van der Waals surface area contributed by atoms with Gasteiger partial charge in [0.25, 0.3) is 20.2 Å². The van der Waals surface area contributed by atoms with Crippen molar-refractivity contribution in [2.24, 2.45) is 11.8 Å². The second kappa shape index (κ2) is 47.8. The number of nitrogens with one attached hydrogen (secondary N) is 2. The molecule has 2 amide bonds. The van der Waals surface area contributed by atoms with Gasteiger partial charge in [0.2, 0.25) is 17.5 Å². The van der Waals surface area contributed by atoms with Gasteiger partial charge in [-0.2, -0.15) is 21.4 Å². The maximum absolute atomic E-state index is 14.0. The number of nitrogens with zero attached hydrogens (tertiary/aromatic N) is 6. The van der Waals surface area contributed by atoms with E-state index < -0.39 is 118 Å². The van der Waals surface area contributed by atoms with Crippen molar-refractivity contribution in [1.29, 1.82) is 0 Å². The van der Waals surface area contributed by atoms with E-state index in [0.29, 0.717) is 152 Å². The zero-order valence-corrected chi connectivity index (χ0v) is 85.9. The van der Waals surface area contributed by atoms with E-state index in [0.717, 1.165) is 28.3 Å². The van der Waals surface area contributed by atoms with Crippen molar-refractivity contribution in [3.05, 3.63) is 114 Å². The number of ketones is 1. The van der Waals surface area contributed by atoms with Crippen LogP contribution >= 0.6 is 0 Å². The van der Waals surface area contributed by atoms with Crippen LogP contribution in [-0.4, -0.2) is 246 Å². The Kier molecular flexibility index (Phi) is 40.6. The van der Waals surface area contributed by atoms with Gasteiger partial charge in [-0.1, -0.05) is 51.5 Å². The molecule has 1 fully saturated rings. The SMILES string of the molecule is C=C(CN1CCN(CC(=O)OC(C)(C)C)CCN(CC(=O)OC(C)(C)C)C(Cc2ccc(NC(=O)CCCCCN3/C(=C/C=C/C4=[N+](CCCCCC(=O)NCCCC[C@@H](CC(=O)C[C@@H](CCC(=O)OC(C)(C)C)C(=O)OC(C)(C)C)C(=O)OC(C)(C)C)c5ccc(S(=O)(=O)O)cc5C4(C)C)C(C)(C)c4cc(S(=O)(=O)O)ccc43)cc2)CN(CC(=O)OC(C)(C)C)CC1)OC(C)(C)C. The van der Waals surface area contributed by atoms with Gasteiger partial charge in [0.1, 0.15) is 57.3 Å². The fourth-order valence-electron chi connectivity index (χ4n) is 16.5. The highest BCUT2D eigenvalue weighted by atomic mass is 32.2. The summed E-state index contributed by atoms with van der Waals surface area (Å²) in [5.74, 6) is -4.86. The molecule has 3 atom stereocenters. The molecular weight excluding hydrogens is 1740 g/mol. The number of unbranched alkanes of at least 4 members (excludes halogenated alkanes) is 5. The molecule has 4 N–H and O–H groups in total. The van der Waals surface area contributed by atoms with Gasteiger partial charge in [-0.3, -0.25) is 71.9 Å². The molecule has 6 rings (SSSR count). The molecule has 744 valence electrons. The quantitative estimate of drug-likeness (QED) is 0.0102. The number of allylic oxidation sites excluding steroid dienone is 4. The summed E-state index contributed by atoms with van der Waals surface area (Å²) >= 11 is 0. The molecule has 1 saturated heterocycles. The number of carbonyl (C=O) groups excluding carboxylic acids is 9. The zero-order chi connectivity index (χ0) is 100. The molecule has 0 saturated carbocycles. The number of esters is 6. The number of Topliss-reactive ketones (excluding diaryl/α,β-unsaturated/α-hetero) is 1. The van der Waals surface area contributed by atoms with Gasteiger partial charge in [-0.05, 0) is 270 Å². The third kappa shape index (κ3) is 40.2. The highest BCUT2D eigenvalue weighted by molar-refractivity contribution is 7.86. The monoisotopic (exact) mass is 1900 g/mol. The van der Waals surface area contributed by atoms with Gasteiger partial charge in [-0.25, -0.2) is 0 Å². The van der Waals surface area contributed by atoms with Crippen LogP contribution in [0.1, 0.15) is 286 Å². The Morgan fingerprint density at radius 1 is 0.496 bits per heavy atom. The first-order chi connectivity index (χ1) is 61.1. The molecule has 0 spiro atoms. The number of ether oxygens (including phenoxy) is 7. The Morgan fingerprint density at radius 3 is 1.50 bits per heavy atom. The molecule has 0 aliphatic carbocycles. The van der Waals surface area contributed by atoms with E-state index in [1.807, 2.05) is 158 Å². The molecule has 3 aliphatic rings. The average molecular weight is 1900 g/mol. The summed E-state index contributed by atoms with van der Waals surface area (Å²) in [7, 11) is -9.20. The maximum Gasteiger partial charge on any atom is 0.320 e. The zero-order valence-electron chi connectivity index (χ0n) is 84.2. The summed E-state index contributed by atoms with van der Waals surface area (Å²) in [6.45, 7) is 54.4. The second-order valence-electron chi connectivity index (χ2n) is 43.5. The van der Waals surface area contributed by atoms with Crippen LogP contribution in [0.15, 0.2) is 107 Å².